The second-order valence-electron chi connectivity index (χ2n) is 5.89. The van der Waals surface area contributed by atoms with E-state index in [2.05, 4.69) is 57.8 Å². The van der Waals surface area contributed by atoms with Crippen molar-refractivity contribution >= 4 is 0 Å². The highest BCUT2D eigenvalue weighted by atomic mass is 15.4. The Bertz CT molecular complexity index is 697. The van der Waals surface area contributed by atoms with Crippen LogP contribution in [-0.2, 0) is 0 Å². The van der Waals surface area contributed by atoms with E-state index >= 15 is 0 Å². The number of allylic oxidation sites excluding steroid dienone is 5. The van der Waals surface area contributed by atoms with Gasteiger partial charge in [-0.1, -0.05) is 23.8 Å². The van der Waals surface area contributed by atoms with E-state index in [0.29, 0.717) is 0 Å². The molecule has 3 aliphatic rings. The lowest BCUT2D eigenvalue weighted by atomic mass is 10.0. The summed E-state index contributed by atoms with van der Waals surface area (Å²) in [5.41, 5.74) is 5.06. The van der Waals surface area contributed by atoms with Gasteiger partial charge in [0.05, 0.1) is 11.4 Å². The summed E-state index contributed by atoms with van der Waals surface area (Å²) in [6, 6.07) is 6.09. The molecule has 0 bridgehead atoms. The molecule has 0 saturated carbocycles. The van der Waals surface area contributed by atoms with Crippen molar-refractivity contribution in [1.29, 1.82) is 0 Å². The van der Waals surface area contributed by atoms with E-state index in [1.807, 2.05) is 18.3 Å². The second-order valence-corrected chi connectivity index (χ2v) is 5.89. The largest absolute Gasteiger partial charge is 0.368 e. The summed E-state index contributed by atoms with van der Waals surface area (Å²) in [4.78, 5) is 6.90. The number of rotatable bonds is 2. The molecule has 0 aromatic carbocycles. The molecule has 2 N–H and O–H groups in total. The summed E-state index contributed by atoms with van der Waals surface area (Å²) < 4.78 is 0. The quantitative estimate of drug-likeness (QED) is 0.879. The first-order chi connectivity index (χ1) is 10.8. The van der Waals surface area contributed by atoms with Crippen LogP contribution in [0.25, 0.3) is 0 Å². The van der Waals surface area contributed by atoms with Crippen LogP contribution in [0.3, 0.4) is 0 Å². The van der Waals surface area contributed by atoms with Crippen molar-refractivity contribution in [2.24, 2.45) is 0 Å². The fourth-order valence-corrected chi connectivity index (χ4v) is 3.20. The first kappa shape index (κ1) is 13.2. The Labute approximate surface area is 130 Å². The fourth-order valence-electron chi connectivity index (χ4n) is 3.20. The summed E-state index contributed by atoms with van der Waals surface area (Å²) in [5, 5.41) is 7.15. The van der Waals surface area contributed by atoms with E-state index in [0.717, 1.165) is 30.9 Å². The van der Waals surface area contributed by atoms with Crippen molar-refractivity contribution in [2.45, 2.75) is 25.9 Å². The molecule has 1 aromatic heterocycles. The van der Waals surface area contributed by atoms with Crippen LogP contribution in [0.2, 0.25) is 0 Å². The van der Waals surface area contributed by atoms with Crippen LogP contribution in [0.1, 0.15) is 31.6 Å². The highest BCUT2D eigenvalue weighted by Crippen LogP contribution is 2.38. The highest BCUT2D eigenvalue weighted by Gasteiger charge is 2.35. The minimum Gasteiger partial charge on any atom is -0.368 e. The van der Waals surface area contributed by atoms with Crippen LogP contribution >= 0.6 is 0 Å². The molecule has 4 nitrogen and oxygen atoms in total. The molecule has 0 spiro atoms. The van der Waals surface area contributed by atoms with Crippen LogP contribution in [-0.4, -0.2) is 16.4 Å². The number of hydrogen-bond acceptors (Lipinski definition) is 4. The Kier molecular flexibility index (Phi) is 3.22. The molecule has 2 aliphatic heterocycles. The SMILES string of the molecule is CC1=CC2=C(CC1)NC(c1ccccn1)N2C1=CC=CCN1. The van der Waals surface area contributed by atoms with Crippen LogP contribution < -0.4 is 10.6 Å². The maximum atomic E-state index is 4.56. The van der Waals surface area contributed by atoms with Gasteiger partial charge in [-0.3, -0.25) is 9.88 Å². The number of nitrogens with zero attached hydrogens (tertiary/aromatic N) is 2. The van der Waals surface area contributed by atoms with Crippen molar-refractivity contribution in [3.8, 4) is 0 Å². The van der Waals surface area contributed by atoms with Gasteiger partial charge in [-0.2, -0.15) is 0 Å². The third-order valence-corrected chi connectivity index (χ3v) is 4.31. The fraction of sp³-hybridized carbons (Fsp3) is 0.278. The third-order valence-electron chi connectivity index (χ3n) is 4.31. The summed E-state index contributed by atoms with van der Waals surface area (Å²) in [5.74, 6) is 1.13. The molecule has 0 fully saturated rings. The lowest BCUT2D eigenvalue weighted by molar-refractivity contribution is 0.306. The molecule has 1 aromatic rings. The molecule has 0 radical (unpaired) electrons. The minimum absolute atomic E-state index is 0.0543. The Balaban J connectivity index is 1.77. The summed E-state index contributed by atoms with van der Waals surface area (Å²) >= 11 is 0. The van der Waals surface area contributed by atoms with E-state index < -0.39 is 0 Å². The van der Waals surface area contributed by atoms with Gasteiger partial charge >= 0.3 is 0 Å². The van der Waals surface area contributed by atoms with Crippen molar-refractivity contribution in [1.82, 2.24) is 20.5 Å². The Morgan fingerprint density at radius 3 is 3.00 bits per heavy atom. The van der Waals surface area contributed by atoms with Crippen LogP contribution in [0.15, 0.2) is 71.5 Å². The zero-order chi connectivity index (χ0) is 14.9. The zero-order valence-corrected chi connectivity index (χ0v) is 12.7. The predicted octanol–water partition coefficient (Wildman–Crippen LogP) is 2.94. The molecule has 1 atom stereocenters. The normalized spacial score (nSPS) is 23.5. The average Bonchev–Trinajstić information content (AvgIpc) is 2.95. The first-order valence-electron chi connectivity index (χ1n) is 7.80. The number of nitrogens with one attached hydrogen (secondary N) is 2. The van der Waals surface area contributed by atoms with Gasteiger partial charge in [0.1, 0.15) is 12.0 Å². The molecule has 4 rings (SSSR count). The van der Waals surface area contributed by atoms with Gasteiger partial charge < -0.3 is 10.6 Å². The smallest absolute Gasteiger partial charge is 0.148 e. The second kappa shape index (κ2) is 5.37. The van der Waals surface area contributed by atoms with Crippen molar-refractivity contribution in [2.75, 3.05) is 6.54 Å². The molecular weight excluding hydrogens is 272 g/mol. The average molecular weight is 292 g/mol. The van der Waals surface area contributed by atoms with Gasteiger partial charge in [-0.15, -0.1) is 0 Å². The maximum Gasteiger partial charge on any atom is 0.148 e. The molecule has 1 aliphatic carbocycles. The minimum atomic E-state index is 0.0543. The van der Waals surface area contributed by atoms with Crippen LogP contribution in [0.4, 0.5) is 0 Å². The number of dihydropyridines is 1. The monoisotopic (exact) mass is 292 g/mol. The van der Waals surface area contributed by atoms with E-state index in [-0.39, 0.29) is 6.17 Å². The van der Waals surface area contributed by atoms with Gasteiger partial charge in [0.25, 0.3) is 0 Å². The zero-order valence-electron chi connectivity index (χ0n) is 12.7. The van der Waals surface area contributed by atoms with Gasteiger partial charge in [0.2, 0.25) is 0 Å². The van der Waals surface area contributed by atoms with E-state index in [1.54, 1.807) is 0 Å². The van der Waals surface area contributed by atoms with Crippen molar-refractivity contribution in [3.63, 3.8) is 0 Å². The van der Waals surface area contributed by atoms with E-state index in [1.165, 1.54) is 17.0 Å². The van der Waals surface area contributed by atoms with Gasteiger partial charge in [-0.05, 0) is 44.1 Å². The highest BCUT2D eigenvalue weighted by molar-refractivity contribution is 5.40. The Morgan fingerprint density at radius 2 is 2.23 bits per heavy atom. The van der Waals surface area contributed by atoms with Gasteiger partial charge in [-0.25, -0.2) is 0 Å². The van der Waals surface area contributed by atoms with Crippen molar-refractivity contribution < 1.29 is 0 Å². The topological polar surface area (TPSA) is 40.2 Å². The standard InChI is InChI=1S/C18H20N4/c1-13-8-9-14-16(12-13)22(17-7-3-5-11-20-17)18(21-14)15-6-2-4-10-19-15/h2-7,10,12,18,20-21H,8-9,11H2,1H3. The number of aromatic nitrogens is 1. The lowest BCUT2D eigenvalue weighted by Gasteiger charge is -2.31. The molecule has 22 heavy (non-hydrogen) atoms. The molecule has 1 unspecified atom stereocenters. The van der Waals surface area contributed by atoms with Gasteiger partial charge in [0, 0.05) is 18.4 Å². The van der Waals surface area contributed by atoms with Crippen LogP contribution in [0, 0.1) is 0 Å². The maximum absolute atomic E-state index is 4.56. The van der Waals surface area contributed by atoms with Crippen molar-refractivity contribution in [3.05, 3.63) is 77.2 Å². The summed E-state index contributed by atoms with van der Waals surface area (Å²) in [6.07, 6.45) is 12.8. The number of hydrogen-bond donors (Lipinski definition) is 2. The number of pyridine rings is 1. The molecular formula is C18H20N4. The summed E-state index contributed by atoms with van der Waals surface area (Å²) in [6.45, 7) is 3.07. The Morgan fingerprint density at radius 1 is 1.27 bits per heavy atom. The molecule has 0 saturated heterocycles. The first-order valence-corrected chi connectivity index (χ1v) is 7.80. The third kappa shape index (κ3) is 2.21. The molecule has 0 amide bonds. The molecule has 3 heterocycles. The summed E-state index contributed by atoms with van der Waals surface area (Å²) in [7, 11) is 0. The molecule has 4 heteroatoms. The Hall–Kier alpha value is -2.49. The lowest BCUT2D eigenvalue weighted by Crippen LogP contribution is -2.36. The predicted molar refractivity (Wildman–Crippen MR) is 87.2 cm³/mol. The van der Waals surface area contributed by atoms with E-state index in [9.17, 15) is 0 Å². The van der Waals surface area contributed by atoms with Crippen LogP contribution in [0.5, 0.6) is 0 Å². The molecule has 112 valence electrons. The van der Waals surface area contributed by atoms with Gasteiger partial charge in [0.15, 0.2) is 0 Å². The van der Waals surface area contributed by atoms with E-state index in [4.69, 9.17) is 0 Å².